The molecule has 0 saturated heterocycles. The van der Waals surface area contributed by atoms with Crippen LogP contribution in [-0.2, 0) is 4.79 Å². The summed E-state index contributed by atoms with van der Waals surface area (Å²) in [6, 6.07) is 16.0. The van der Waals surface area contributed by atoms with Gasteiger partial charge in [0.25, 0.3) is 0 Å². The lowest BCUT2D eigenvalue weighted by molar-refractivity contribution is -0.136. The van der Waals surface area contributed by atoms with E-state index >= 15 is 0 Å². The third-order valence-corrected chi connectivity index (χ3v) is 5.06. The SMILES string of the molecule is O=C(O)CCP1Oc2ccccc2-c2ccccc21. The fourth-order valence-electron chi connectivity index (χ4n) is 2.22. The number of fused-ring (bicyclic) bond motifs is 3. The first-order chi connectivity index (χ1) is 9.25. The molecule has 0 aliphatic carbocycles. The third kappa shape index (κ3) is 2.34. The molecule has 2 aromatic carbocycles. The lowest BCUT2D eigenvalue weighted by atomic mass is 10.0. The van der Waals surface area contributed by atoms with Crippen LogP contribution in [-0.4, -0.2) is 17.2 Å². The van der Waals surface area contributed by atoms with Crippen LogP contribution in [0.1, 0.15) is 6.42 Å². The van der Waals surface area contributed by atoms with Crippen molar-refractivity contribution in [1.29, 1.82) is 0 Å². The summed E-state index contributed by atoms with van der Waals surface area (Å²) in [7, 11) is -0.888. The predicted octanol–water partition coefficient (Wildman–Crippen LogP) is 3.24. The molecule has 0 fully saturated rings. The van der Waals surface area contributed by atoms with Crippen LogP contribution >= 0.6 is 8.15 Å². The smallest absolute Gasteiger partial charge is 0.303 e. The number of rotatable bonds is 3. The summed E-state index contributed by atoms with van der Waals surface area (Å²) in [6.07, 6.45) is 0.693. The second-order valence-corrected chi connectivity index (χ2v) is 6.22. The van der Waals surface area contributed by atoms with E-state index in [-0.39, 0.29) is 6.42 Å². The maximum atomic E-state index is 10.8. The molecular weight excluding hydrogens is 259 g/mol. The molecule has 19 heavy (non-hydrogen) atoms. The van der Waals surface area contributed by atoms with Crippen LogP contribution in [0.5, 0.6) is 5.75 Å². The third-order valence-electron chi connectivity index (χ3n) is 3.09. The molecule has 1 aliphatic rings. The van der Waals surface area contributed by atoms with Crippen LogP contribution in [0.2, 0.25) is 0 Å². The average Bonchev–Trinajstić information content (AvgIpc) is 2.44. The Kier molecular flexibility index (Phi) is 3.22. The second-order valence-electron chi connectivity index (χ2n) is 4.35. The highest BCUT2D eigenvalue weighted by Crippen LogP contribution is 2.48. The maximum Gasteiger partial charge on any atom is 0.303 e. The minimum absolute atomic E-state index is 0.141. The summed E-state index contributed by atoms with van der Waals surface area (Å²) in [5, 5.41) is 9.98. The van der Waals surface area contributed by atoms with Crippen molar-refractivity contribution in [2.75, 3.05) is 6.16 Å². The van der Waals surface area contributed by atoms with Crippen LogP contribution < -0.4 is 9.83 Å². The van der Waals surface area contributed by atoms with Gasteiger partial charge in [0.1, 0.15) is 13.9 Å². The quantitative estimate of drug-likeness (QED) is 0.872. The van der Waals surface area contributed by atoms with Crippen molar-refractivity contribution in [3.63, 3.8) is 0 Å². The first-order valence-corrected chi connectivity index (χ1v) is 7.56. The molecule has 96 valence electrons. The Hall–Kier alpha value is -1.86. The molecule has 1 aliphatic heterocycles. The zero-order chi connectivity index (χ0) is 13.2. The standard InChI is InChI=1S/C15H13O3P/c16-15(17)9-10-19-14-8-4-2-6-12(14)11-5-1-3-7-13(11)18-19/h1-8H,9-10H2,(H,16,17). The molecule has 1 heterocycles. The summed E-state index contributed by atoms with van der Waals surface area (Å²) in [6.45, 7) is 0. The fraction of sp³-hybridized carbons (Fsp3) is 0.133. The zero-order valence-corrected chi connectivity index (χ0v) is 11.1. The largest absolute Gasteiger partial charge is 0.481 e. The van der Waals surface area contributed by atoms with Crippen molar-refractivity contribution >= 4 is 19.4 Å². The highest BCUT2D eigenvalue weighted by molar-refractivity contribution is 7.61. The molecule has 4 heteroatoms. The fourth-order valence-corrected chi connectivity index (χ4v) is 4.16. The molecule has 0 radical (unpaired) electrons. The van der Waals surface area contributed by atoms with Gasteiger partial charge in [-0.15, -0.1) is 0 Å². The number of carboxylic acids is 1. The number of hydrogen-bond donors (Lipinski definition) is 1. The Labute approximate surface area is 112 Å². The van der Waals surface area contributed by atoms with Crippen LogP contribution in [0.4, 0.5) is 0 Å². The number of benzene rings is 2. The van der Waals surface area contributed by atoms with E-state index in [0.29, 0.717) is 6.16 Å². The van der Waals surface area contributed by atoms with Crippen molar-refractivity contribution in [3.8, 4) is 16.9 Å². The van der Waals surface area contributed by atoms with Crippen LogP contribution in [0.3, 0.4) is 0 Å². The van der Waals surface area contributed by atoms with E-state index in [2.05, 4.69) is 6.07 Å². The Morgan fingerprint density at radius 1 is 1.05 bits per heavy atom. The summed E-state index contributed by atoms with van der Waals surface area (Å²) < 4.78 is 6.01. The normalized spacial score (nSPS) is 16.1. The summed E-state index contributed by atoms with van der Waals surface area (Å²) in [4.78, 5) is 10.8. The molecule has 0 bridgehead atoms. The van der Waals surface area contributed by atoms with Gasteiger partial charge in [-0.25, -0.2) is 0 Å². The molecule has 3 nitrogen and oxygen atoms in total. The Morgan fingerprint density at radius 2 is 1.74 bits per heavy atom. The molecule has 0 aromatic heterocycles. The highest BCUT2D eigenvalue weighted by atomic mass is 31.1. The lowest BCUT2D eigenvalue weighted by Gasteiger charge is -2.27. The number of carboxylic acid groups (broad SMARTS) is 1. The number of carbonyl (C=O) groups is 1. The summed E-state index contributed by atoms with van der Waals surface area (Å²) in [5.74, 6) is 0.0835. The van der Waals surface area contributed by atoms with Gasteiger partial charge in [0.2, 0.25) is 0 Å². The molecule has 0 saturated carbocycles. The van der Waals surface area contributed by atoms with Gasteiger partial charge in [-0.2, -0.15) is 0 Å². The Bertz CT molecular complexity index is 624. The van der Waals surface area contributed by atoms with E-state index in [9.17, 15) is 4.79 Å². The number of para-hydroxylation sites is 1. The van der Waals surface area contributed by atoms with E-state index < -0.39 is 14.1 Å². The monoisotopic (exact) mass is 272 g/mol. The molecular formula is C15H13O3P. The van der Waals surface area contributed by atoms with Gasteiger partial charge >= 0.3 is 5.97 Å². The minimum atomic E-state index is -0.888. The molecule has 2 aromatic rings. The van der Waals surface area contributed by atoms with E-state index in [0.717, 1.165) is 16.6 Å². The van der Waals surface area contributed by atoms with Gasteiger partial charge in [-0.05, 0) is 11.6 Å². The van der Waals surface area contributed by atoms with E-state index in [1.165, 1.54) is 5.56 Å². The maximum absolute atomic E-state index is 10.8. The first kappa shape index (κ1) is 12.2. The molecule has 1 N–H and O–H groups in total. The van der Waals surface area contributed by atoms with Crippen molar-refractivity contribution < 1.29 is 14.4 Å². The Morgan fingerprint density at radius 3 is 2.53 bits per heavy atom. The topological polar surface area (TPSA) is 46.5 Å². The van der Waals surface area contributed by atoms with Crippen molar-refractivity contribution in [3.05, 3.63) is 48.5 Å². The number of aliphatic carboxylic acids is 1. The molecule has 1 unspecified atom stereocenters. The number of hydrogen-bond acceptors (Lipinski definition) is 2. The zero-order valence-electron chi connectivity index (χ0n) is 10.2. The van der Waals surface area contributed by atoms with Crippen molar-refractivity contribution in [1.82, 2.24) is 0 Å². The molecule has 0 amide bonds. The van der Waals surface area contributed by atoms with Crippen LogP contribution in [0.15, 0.2) is 48.5 Å². The van der Waals surface area contributed by atoms with Gasteiger partial charge in [0, 0.05) is 17.0 Å². The van der Waals surface area contributed by atoms with Crippen molar-refractivity contribution in [2.45, 2.75) is 6.42 Å². The van der Waals surface area contributed by atoms with Gasteiger partial charge in [-0.3, -0.25) is 4.79 Å². The van der Waals surface area contributed by atoms with E-state index in [1.807, 2.05) is 42.5 Å². The summed E-state index contributed by atoms with van der Waals surface area (Å²) >= 11 is 0. The van der Waals surface area contributed by atoms with Crippen LogP contribution in [0, 0.1) is 0 Å². The molecule has 1 atom stereocenters. The van der Waals surface area contributed by atoms with Gasteiger partial charge in [0.15, 0.2) is 0 Å². The van der Waals surface area contributed by atoms with Crippen molar-refractivity contribution in [2.24, 2.45) is 0 Å². The second kappa shape index (κ2) is 5.02. The van der Waals surface area contributed by atoms with Crippen LogP contribution in [0.25, 0.3) is 11.1 Å². The van der Waals surface area contributed by atoms with Gasteiger partial charge in [-0.1, -0.05) is 42.5 Å². The predicted molar refractivity (Wildman–Crippen MR) is 76.2 cm³/mol. The summed E-state index contributed by atoms with van der Waals surface area (Å²) in [5.41, 5.74) is 2.26. The highest BCUT2D eigenvalue weighted by Gasteiger charge is 2.26. The molecule has 3 rings (SSSR count). The van der Waals surface area contributed by atoms with Gasteiger partial charge < -0.3 is 9.63 Å². The van der Waals surface area contributed by atoms with E-state index in [4.69, 9.17) is 9.63 Å². The lowest BCUT2D eigenvalue weighted by Crippen LogP contribution is -2.17. The Balaban J connectivity index is 2.01. The average molecular weight is 272 g/mol. The minimum Gasteiger partial charge on any atom is -0.481 e. The van der Waals surface area contributed by atoms with E-state index in [1.54, 1.807) is 0 Å². The first-order valence-electron chi connectivity index (χ1n) is 6.11. The molecule has 0 spiro atoms. The van der Waals surface area contributed by atoms with Gasteiger partial charge in [0.05, 0.1) is 6.42 Å².